The zero-order valence-corrected chi connectivity index (χ0v) is 16.3. The number of amides is 1. The highest BCUT2D eigenvalue weighted by Crippen LogP contribution is 2.28. The first-order valence-electron chi connectivity index (χ1n) is 9.28. The summed E-state index contributed by atoms with van der Waals surface area (Å²) in [5.74, 6) is -0.126. The summed E-state index contributed by atoms with van der Waals surface area (Å²) < 4.78 is 20.0. The van der Waals surface area contributed by atoms with E-state index in [1.54, 1.807) is 4.90 Å². The van der Waals surface area contributed by atoms with Crippen LogP contribution >= 0.6 is 11.8 Å². The summed E-state index contributed by atoms with van der Waals surface area (Å²) in [5, 5.41) is 1.12. The van der Waals surface area contributed by atoms with Crippen LogP contribution < -0.4 is 4.74 Å². The lowest BCUT2D eigenvalue weighted by molar-refractivity contribution is -0.127. The number of ether oxygens (including phenoxy) is 1. The van der Waals surface area contributed by atoms with Crippen molar-refractivity contribution in [2.24, 2.45) is 0 Å². The molecule has 4 rings (SSSR count). The number of fused-ring (bicyclic) bond motifs is 1. The Morgan fingerprint density at radius 1 is 1.39 bits per heavy atom. The van der Waals surface area contributed by atoms with Crippen LogP contribution in [0.4, 0.5) is 4.39 Å². The van der Waals surface area contributed by atoms with E-state index in [4.69, 9.17) is 4.74 Å². The molecular weight excluding hydrogens is 379 g/mol. The number of para-hydroxylation sites is 1. The number of thioether (sulfide) groups is 1. The predicted octanol–water partition coefficient (Wildman–Crippen LogP) is 3.43. The number of carbonyl (C=O) groups is 1. The van der Waals surface area contributed by atoms with Crippen molar-refractivity contribution in [2.75, 3.05) is 18.8 Å². The first-order chi connectivity index (χ1) is 13.7. The third-order valence-electron chi connectivity index (χ3n) is 4.84. The molecule has 1 amide bonds. The molecule has 1 aromatic carbocycles. The van der Waals surface area contributed by atoms with E-state index in [0.717, 1.165) is 15.8 Å². The molecule has 1 aliphatic rings. The van der Waals surface area contributed by atoms with Crippen molar-refractivity contribution in [3.05, 3.63) is 48.3 Å². The molecule has 6 nitrogen and oxygen atoms in total. The van der Waals surface area contributed by atoms with Gasteiger partial charge in [0.05, 0.1) is 18.0 Å². The molecule has 3 aromatic rings. The van der Waals surface area contributed by atoms with Crippen molar-refractivity contribution in [2.45, 2.75) is 30.8 Å². The fourth-order valence-electron chi connectivity index (χ4n) is 3.32. The van der Waals surface area contributed by atoms with Crippen LogP contribution in [0.25, 0.3) is 10.9 Å². The van der Waals surface area contributed by atoms with E-state index in [-0.39, 0.29) is 17.9 Å². The topological polar surface area (TPSA) is 71.1 Å². The number of likely N-dealkylation sites (tertiary alicyclic amines) is 1. The van der Waals surface area contributed by atoms with Crippen LogP contribution in [-0.4, -0.2) is 50.7 Å². The molecule has 8 heteroatoms. The highest BCUT2D eigenvalue weighted by Gasteiger charge is 2.29. The number of aromatic amines is 1. The number of hydrogen-bond donors (Lipinski definition) is 1. The van der Waals surface area contributed by atoms with Gasteiger partial charge in [0.25, 0.3) is 5.88 Å². The van der Waals surface area contributed by atoms with E-state index in [1.165, 1.54) is 18.1 Å². The average Bonchev–Trinajstić information content (AvgIpc) is 3.35. The third kappa shape index (κ3) is 3.82. The Morgan fingerprint density at radius 2 is 2.25 bits per heavy atom. The summed E-state index contributed by atoms with van der Waals surface area (Å²) in [6, 6.07) is 8.02. The molecule has 0 aliphatic carbocycles. The van der Waals surface area contributed by atoms with Crippen molar-refractivity contribution in [3.63, 3.8) is 0 Å². The number of nitrogens with one attached hydrogen (secondary N) is 1. The van der Waals surface area contributed by atoms with Gasteiger partial charge in [-0.15, -0.1) is 11.8 Å². The monoisotopic (exact) mass is 400 g/mol. The number of rotatable bonds is 6. The van der Waals surface area contributed by atoms with E-state index in [9.17, 15) is 9.18 Å². The zero-order chi connectivity index (χ0) is 19.5. The van der Waals surface area contributed by atoms with E-state index >= 15 is 0 Å². The summed E-state index contributed by atoms with van der Waals surface area (Å²) in [5.41, 5.74) is 1.40. The summed E-state index contributed by atoms with van der Waals surface area (Å²) in [4.78, 5) is 26.4. The first-order valence-corrected chi connectivity index (χ1v) is 10.3. The van der Waals surface area contributed by atoms with Crippen molar-refractivity contribution in [1.29, 1.82) is 0 Å². The van der Waals surface area contributed by atoms with E-state index in [1.807, 2.05) is 37.4 Å². The van der Waals surface area contributed by atoms with Gasteiger partial charge in [0.15, 0.2) is 0 Å². The Hall–Kier alpha value is -2.61. The minimum Gasteiger partial charge on any atom is -0.470 e. The lowest BCUT2D eigenvalue weighted by Gasteiger charge is -2.17. The van der Waals surface area contributed by atoms with Crippen LogP contribution in [0.3, 0.4) is 0 Å². The molecule has 0 unspecified atom stereocenters. The van der Waals surface area contributed by atoms with E-state index in [0.29, 0.717) is 37.4 Å². The molecule has 3 heterocycles. The fraction of sp³-hybridized carbons (Fsp3) is 0.350. The molecule has 28 heavy (non-hydrogen) atoms. The minimum absolute atomic E-state index is 0.0284. The highest BCUT2D eigenvalue weighted by atomic mass is 32.2. The standard InChI is InChI=1S/C20H21FN4O2S/c1-2-15-19(21)20(24-12-23-15)27-13-7-8-25(10-13)18(26)11-28-17-9-22-16-6-4-3-5-14(16)17/h3-6,9,12-13,22H,2,7-8,10-11H2,1H3/t13-/m1/s1. The second kappa shape index (κ2) is 8.18. The molecule has 0 bridgehead atoms. The van der Waals surface area contributed by atoms with Crippen LogP contribution in [0, 0.1) is 5.82 Å². The quantitative estimate of drug-likeness (QED) is 0.642. The normalized spacial score (nSPS) is 16.6. The number of benzene rings is 1. The van der Waals surface area contributed by atoms with Crippen LogP contribution in [0.15, 0.2) is 41.7 Å². The Kier molecular flexibility index (Phi) is 5.47. The van der Waals surface area contributed by atoms with Gasteiger partial charge in [-0.2, -0.15) is 9.37 Å². The van der Waals surface area contributed by atoms with Crippen molar-refractivity contribution in [3.8, 4) is 5.88 Å². The van der Waals surface area contributed by atoms with Gasteiger partial charge in [-0.05, 0) is 12.5 Å². The van der Waals surface area contributed by atoms with Crippen LogP contribution in [-0.2, 0) is 11.2 Å². The first kappa shape index (κ1) is 18.7. The molecular formula is C20H21FN4O2S. The maximum Gasteiger partial charge on any atom is 0.254 e. The lowest BCUT2D eigenvalue weighted by Crippen LogP contribution is -2.32. The highest BCUT2D eigenvalue weighted by molar-refractivity contribution is 8.00. The summed E-state index contributed by atoms with van der Waals surface area (Å²) >= 11 is 1.52. The number of carbonyl (C=O) groups excluding carboxylic acids is 1. The number of halogens is 1. The fourth-order valence-corrected chi connectivity index (χ4v) is 4.26. The summed E-state index contributed by atoms with van der Waals surface area (Å²) in [6.45, 7) is 2.87. The molecule has 1 atom stereocenters. The average molecular weight is 400 g/mol. The smallest absolute Gasteiger partial charge is 0.254 e. The Balaban J connectivity index is 1.33. The molecule has 146 valence electrons. The van der Waals surface area contributed by atoms with Crippen LogP contribution in [0.5, 0.6) is 5.88 Å². The Morgan fingerprint density at radius 3 is 3.11 bits per heavy atom. The predicted molar refractivity (Wildman–Crippen MR) is 106 cm³/mol. The van der Waals surface area contributed by atoms with E-state index in [2.05, 4.69) is 15.0 Å². The van der Waals surface area contributed by atoms with E-state index < -0.39 is 5.82 Å². The van der Waals surface area contributed by atoms with Gasteiger partial charge in [0.1, 0.15) is 12.4 Å². The molecule has 1 aliphatic heterocycles. The van der Waals surface area contributed by atoms with Gasteiger partial charge in [0, 0.05) is 35.0 Å². The molecule has 1 N–H and O–H groups in total. The Labute approximate surface area is 166 Å². The number of aromatic nitrogens is 3. The summed E-state index contributed by atoms with van der Waals surface area (Å²) in [7, 11) is 0. The number of nitrogens with zero attached hydrogens (tertiary/aromatic N) is 3. The van der Waals surface area contributed by atoms with Crippen molar-refractivity contribution < 1.29 is 13.9 Å². The van der Waals surface area contributed by atoms with Crippen molar-refractivity contribution in [1.82, 2.24) is 19.9 Å². The molecule has 1 fully saturated rings. The second-order valence-corrected chi connectivity index (χ2v) is 7.67. The van der Waals surface area contributed by atoms with Gasteiger partial charge in [-0.25, -0.2) is 4.98 Å². The zero-order valence-electron chi connectivity index (χ0n) is 15.5. The SMILES string of the molecule is CCc1ncnc(O[C@@H]2CCN(C(=O)CSc3c[nH]c4ccccc34)C2)c1F. The van der Waals surface area contributed by atoms with Crippen LogP contribution in [0.1, 0.15) is 19.0 Å². The second-order valence-electron chi connectivity index (χ2n) is 6.65. The largest absolute Gasteiger partial charge is 0.470 e. The van der Waals surface area contributed by atoms with Crippen LogP contribution in [0.2, 0.25) is 0 Å². The lowest BCUT2D eigenvalue weighted by atomic mass is 10.2. The number of hydrogen-bond acceptors (Lipinski definition) is 5. The van der Waals surface area contributed by atoms with Gasteiger partial charge < -0.3 is 14.6 Å². The molecule has 0 spiro atoms. The van der Waals surface area contributed by atoms with Crippen molar-refractivity contribution >= 4 is 28.6 Å². The van der Waals surface area contributed by atoms with Gasteiger partial charge >= 0.3 is 0 Å². The summed E-state index contributed by atoms with van der Waals surface area (Å²) in [6.07, 6.45) is 4.13. The Bertz CT molecular complexity index is 993. The number of aryl methyl sites for hydroxylation is 1. The minimum atomic E-state index is -0.510. The maximum atomic E-state index is 14.3. The van der Waals surface area contributed by atoms with Gasteiger partial charge in [0.2, 0.25) is 11.7 Å². The molecule has 0 saturated carbocycles. The third-order valence-corrected chi connectivity index (χ3v) is 5.88. The van der Waals surface area contributed by atoms with Gasteiger partial charge in [-0.1, -0.05) is 25.1 Å². The maximum absolute atomic E-state index is 14.3. The van der Waals surface area contributed by atoms with Gasteiger partial charge in [-0.3, -0.25) is 4.79 Å². The molecule has 2 aromatic heterocycles. The molecule has 1 saturated heterocycles. The molecule has 0 radical (unpaired) electrons. The number of H-pyrrole nitrogens is 1.